The first-order chi connectivity index (χ1) is 11.3. The second-order valence-corrected chi connectivity index (χ2v) is 7.14. The van der Waals surface area contributed by atoms with Gasteiger partial charge in [0.05, 0.1) is 11.6 Å². The highest BCUT2D eigenvalue weighted by Gasteiger charge is 2.53. The summed E-state index contributed by atoms with van der Waals surface area (Å²) in [4.78, 5) is 2.71. The molecule has 3 atom stereocenters. The van der Waals surface area contributed by atoms with E-state index in [1.807, 2.05) is 7.11 Å². The minimum atomic E-state index is 0.0717. The Labute approximate surface area is 137 Å². The van der Waals surface area contributed by atoms with E-state index in [1.54, 1.807) is 0 Å². The molecule has 0 amide bonds. The van der Waals surface area contributed by atoms with E-state index in [2.05, 4.69) is 29.2 Å². The number of hydrogen-bond donors (Lipinski definition) is 0. The molecule has 4 heteroatoms. The topological polar surface area (TPSA) is 30.9 Å². The maximum atomic E-state index is 5.72. The molecule has 5 rings (SSSR count). The summed E-state index contributed by atoms with van der Waals surface area (Å²) >= 11 is 0. The first-order valence-corrected chi connectivity index (χ1v) is 8.70. The van der Waals surface area contributed by atoms with Gasteiger partial charge in [0, 0.05) is 19.4 Å². The molecule has 0 unspecified atom stereocenters. The molecule has 1 fully saturated rings. The van der Waals surface area contributed by atoms with Crippen LogP contribution in [-0.4, -0.2) is 38.0 Å². The Morgan fingerprint density at radius 2 is 2.04 bits per heavy atom. The van der Waals surface area contributed by atoms with E-state index in [1.165, 1.54) is 37.1 Å². The Hall–Kier alpha value is -1.52. The Morgan fingerprint density at radius 1 is 1.17 bits per heavy atom. The molecule has 1 aromatic rings. The fourth-order valence-electron chi connectivity index (χ4n) is 5.14. The van der Waals surface area contributed by atoms with Crippen LogP contribution in [0.1, 0.15) is 30.4 Å². The van der Waals surface area contributed by atoms with E-state index in [0.29, 0.717) is 12.7 Å². The summed E-state index contributed by atoms with van der Waals surface area (Å²) in [5.74, 6) is 2.40. The van der Waals surface area contributed by atoms with Crippen molar-refractivity contribution in [2.45, 2.75) is 37.3 Å². The molecule has 4 aliphatic rings. The van der Waals surface area contributed by atoms with E-state index < -0.39 is 0 Å². The van der Waals surface area contributed by atoms with E-state index >= 15 is 0 Å². The van der Waals surface area contributed by atoms with Crippen LogP contribution in [0.5, 0.6) is 11.5 Å². The molecular weight excluding hydrogens is 290 g/mol. The average Bonchev–Trinajstić information content (AvgIpc) is 3.15. The highest BCUT2D eigenvalue weighted by atomic mass is 16.7. The normalized spacial score (nSPS) is 34.7. The van der Waals surface area contributed by atoms with Gasteiger partial charge in [-0.15, -0.1) is 0 Å². The SMILES string of the molecule is CO[C@@H]1C=C[C@@H]2CCN3CCCc4cc5c(cc4[C@]23C1)OCO5. The molecule has 3 heterocycles. The summed E-state index contributed by atoms with van der Waals surface area (Å²) in [6.07, 6.45) is 9.47. The Kier molecular flexibility index (Phi) is 3.01. The summed E-state index contributed by atoms with van der Waals surface area (Å²) in [6, 6.07) is 4.49. The van der Waals surface area contributed by atoms with Gasteiger partial charge in [-0.3, -0.25) is 4.90 Å². The zero-order valence-corrected chi connectivity index (χ0v) is 13.6. The average molecular weight is 313 g/mol. The van der Waals surface area contributed by atoms with Gasteiger partial charge < -0.3 is 14.2 Å². The minimum Gasteiger partial charge on any atom is -0.454 e. The van der Waals surface area contributed by atoms with Crippen LogP contribution < -0.4 is 9.47 Å². The van der Waals surface area contributed by atoms with Crippen LogP contribution in [0.3, 0.4) is 0 Å². The van der Waals surface area contributed by atoms with Gasteiger partial charge in [-0.05, 0) is 55.6 Å². The molecule has 4 nitrogen and oxygen atoms in total. The second kappa shape index (κ2) is 4.99. The zero-order chi connectivity index (χ0) is 15.4. The van der Waals surface area contributed by atoms with Crippen molar-refractivity contribution in [1.29, 1.82) is 0 Å². The monoisotopic (exact) mass is 313 g/mol. The third-order valence-electron chi connectivity index (χ3n) is 6.20. The van der Waals surface area contributed by atoms with Crippen molar-refractivity contribution >= 4 is 0 Å². The molecule has 3 aliphatic heterocycles. The van der Waals surface area contributed by atoms with Gasteiger partial charge in [0.1, 0.15) is 0 Å². The minimum absolute atomic E-state index is 0.0717. The van der Waals surface area contributed by atoms with E-state index in [-0.39, 0.29) is 11.6 Å². The third kappa shape index (κ3) is 1.85. The first-order valence-electron chi connectivity index (χ1n) is 8.70. The van der Waals surface area contributed by atoms with Gasteiger partial charge in [-0.25, -0.2) is 0 Å². The van der Waals surface area contributed by atoms with Crippen molar-refractivity contribution in [1.82, 2.24) is 4.90 Å². The molecule has 122 valence electrons. The Bertz CT molecular complexity index is 671. The van der Waals surface area contributed by atoms with Crippen LogP contribution in [-0.2, 0) is 16.7 Å². The highest BCUT2D eigenvalue weighted by molar-refractivity contribution is 5.53. The largest absolute Gasteiger partial charge is 0.454 e. The number of hydrogen-bond acceptors (Lipinski definition) is 4. The molecule has 0 N–H and O–H groups in total. The quantitative estimate of drug-likeness (QED) is 0.746. The Morgan fingerprint density at radius 3 is 2.91 bits per heavy atom. The van der Waals surface area contributed by atoms with Crippen LogP contribution in [0.25, 0.3) is 0 Å². The standard InChI is InChI=1S/C19H23NO3/c1-21-15-5-4-14-6-8-20-7-2-3-13-9-17-18(23-12-22-17)10-16(13)19(14,20)11-15/h4-5,9-10,14-15H,2-3,6-8,11-12H2,1H3/t14-,15-,19+/m1/s1. The number of rotatable bonds is 1. The molecule has 0 bridgehead atoms. The lowest BCUT2D eigenvalue weighted by atomic mass is 9.70. The fourth-order valence-corrected chi connectivity index (χ4v) is 5.14. The summed E-state index contributed by atoms with van der Waals surface area (Å²) < 4.78 is 17.0. The number of nitrogens with zero attached hydrogens (tertiary/aromatic N) is 1. The van der Waals surface area contributed by atoms with Crippen LogP contribution in [0, 0.1) is 5.92 Å². The maximum Gasteiger partial charge on any atom is 0.231 e. The lowest BCUT2D eigenvalue weighted by Crippen LogP contribution is -2.48. The number of methoxy groups -OCH3 is 1. The molecular formula is C19H23NO3. The molecule has 1 spiro atoms. The highest BCUT2D eigenvalue weighted by Crippen LogP contribution is 2.54. The van der Waals surface area contributed by atoms with Gasteiger partial charge in [-0.1, -0.05) is 12.2 Å². The molecule has 1 aromatic carbocycles. The molecule has 0 radical (unpaired) electrons. The van der Waals surface area contributed by atoms with E-state index in [0.717, 1.165) is 24.3 Å². The van der Waals surface area contributed by atoms with Gasteiger partial charge in [-0.2, -0.15) is 0 Å². The number of benzene rings is 1. The number of fused-ring (bicyclic) bond motifs is 2. The van der Waals surface area contributed by atoms with Crippen molar-refractivity contribution < 1.29 is 14.2 Å². The van der Waals surface area contributed by atoms with Gasteiger partial charge in [0.2, 0.25) is 6.79 Å². The summed E-state index contributed by atoms with van der Waals surface area (Å²) in [5.41, 5.74) is 2.96. The van der Waals surface area contributed by atoms with E-state index in [4.69, 9.17) is 14.2 Å². The van der Waals surface area contributed by atoms with Crippen molar-refractivity contribution in [2.75, 3.05) is 27.0 Å². The van der Waals surface area contributed by atoms with E-state index in [9.17, 15) is 0 Å². The predicted octanol–water partition coefficient (Wildman–Crippen LogP) is 2.85. The van der Waals surface area contributed by atoms with Crippen LogP contribution in [0.15, 0.2) is 24.3 Å². The van der Waals surface area contributed by atoms with Crippen molar-refractivity contribution in [3.05, 3.63) is 35.4 Å². The van der Waals surface area contributed by atoms with Gasteiger partial charge in [0.15, 0.2) is 11.5 Å². The van der Waals surface area contributed by atoms with Crippen LogP contribution in [0.2, 0.25) is 0 Å². The van der Waals surface area contributed by atoms with Crippen LogP contribution >= 0.6 is 0 Å². The van der Waals surface area contributed by atoms with Gasteiger partial charge >= 0.3 is 0 Å². The predicted molar refractivity (Wildman–Crippen MR) is 86.8 cm³/mol. The first kappa shape index (κ1) is 13.9. The van der Waals surface area contributed by atoms with Crippen molar-refractivity contribution in [2.24, 2.45) is 5.92 Å². The number of ether oxygens (including phenoxy) is 3. The van der Waals surface area contributed by atoms with Crippen molar-refractivity contribution in [3.63, 3.8) is 0 Å². The molecule has 0 aromatic heterocycles. The third-order valence-corrected chi connectivity index (χ3v) is 6.20. The second-order valence-electron chi connectivity index (χ2n) is 7.14. The smallest absolute Gasteiger partial charge is 0.231 e. The summed E-state index contributed by atoms with van der Waals surface area (Å²) in [7, 11) is 1.82. The number of aryl methyl sites for hydroxylation is 1. The molecule has 0 saturated carbocycles. The maximum absolute atomic E-state index is 5.72. The van der Waals surface area contributed by atoms with Crippen LogP contribution in [0.4, 0.5) is 0 Å². The lowest BCUT2D eigenvalue weighted by Gasteiger charge is -2.45. The van der Waals surface area contributed by atoms with Gasteiger partial charge in [0.25, 0.3) is 0 Å². The molecule has 1 aliphatic carbocycles. The fraction of sp³-hybridized carbons (Fsp3) is 0.579. The zero-order valence-electron chi connectivity index (χ0n) is 13.6. The lowest BCUT2D eigenvalue weighted by molar-refractivity contribution is 0.0286. The van der Waals surface area contributed by atoms with Crippen molar-refractivity contribution in [3.8, 4) is 11.5 Å². The summed E-state index contributed by atoms with van der Waals surface area (Å²) in [5, 5.41) is 0. The summed E-state index contributed by atoms with van der Waals surface area (Å²) in [6.45, 7) is 2.69. The Balaban J connectivity index is 1.71. The molecule has 23 heavy (non-hydrogen) atoms. The molecule has 1 saturated heterocycles.